The predicted octanol–water partition coefficient (Wildman–Crippen LogP) is 1.32. The van der Waals surface area contributed by atoms with Gasteiger partial charge in [-0.1, -0.05) is 18.2 Å². The van der Waals surface area contributed by atoms with Gasteiger partial charge in [0.1, 0.15) is 0 Å². The highest BCUT2D eigenvalue weighted by atomic mass is 16.1. The molecule has 0 unspecified atom stereocenters. The van der Waals surface area contributed by atoms with Crippen LogP contribution in [0.5, 0.6) is 0 Å². The molecular formula is C11H14N2O. The van der Waals surface area contributed by atoms with Gasteiger partial charge in [0.2, 0.25) is 5.91 Å². The van der Waals surface area contributed by atoms with E-state index in [0.29, 0.717) is 13.0 Å². The lowest BCUT2D eigenvalue weighted by Crippen LogP contribution is -2.25. The highest BCUT2D eigenvalue weighted by molar-refractivity contribution is 5.78. The molecule has 14 heavy (non-hydrogen) atoms. The summed E-state index contributed by atoms with van der Waals surface area (Å²) in [7, 11) is 0. The zero-order chi connectivity index (χ0) is 10.2. The summed E-state index contributed by atoms with van der Waals surface area (Å²) in [5.41, 5.74) is 0.936. The van der Waals surface area contributed by atoms with Crippen molar-refractivity contribution in [3.8, 4) is 0 Å². The second kappa shape index (κ2) is 5.91. The summed E-state index contributed by atoms with van der Waals surface area (Å²) in [5.74, 6) is 0.0242. The second-order valence-electron chi connectivity index (χ2n) is 2.91. The minimum Gasteiger partial charge on any atom is -0.352 e. The topological polar surface area (TPSA) is 42.0 Å². The van der Waals surface area contributed by atoms with E-state index in [0.717, 1.165) is 5.56 Å². The number of hydrogen-bond acceptors (Lipinski definition) is 2. The molecule has 3 nitrogen and oxygen atoms in total. The minimum absolute atomic E-state index is 0.0242. The molecule has 1 N–H and O–H groups in total. The van der Waals surface area contributed by atoms with Crippen molar-refractivity contribution in [1.29, 1.82) is 0 Å². The van der Waals surface area contributed by atoms with Crippen LogP contribution < -0.4 is 5.32 Å². The zero-order valence-corrected chi connectivity index (χ0v) is 8.23. The maximum absolute atomic E-state index is 11.3. The fourth-order valence-electron chi connectivity index (χ4n) is 1.04. The van der Waals surface area contributed by atoms with Crippen LogP contribution in [0.3, 0.4) is 0 Å². The maximum Gasteiger partial charge on any atom is 0.224 e. The summed E-state index contributed by atoms with van der Waals surface area (Å²) in [6.07, 6.45) is 7.60. The first-order valence-electron chi connectivity index (χ1n) is 4.59. The summed E-state index contributed by atoms with van der Waals surface area (Å²) < 4.78 is 0. The normalized spacial score (nSPS) is 10.4. The Bertz CT molecular complexity index is 306. The molecule has 0 spiro atoms. The van der Waals surface area contributed by atoms with Crippen LogP contribution in [0.2, 0.25) is 0 Å². The van der Waals surface area contributed by atoms with Gasteiger partial charge < -0.3 is 5.32 Å². The summed E-state index contributed by atoms with van der Waals surface area (Å²) >= 11 is 0. The molecule has 3 heteroatoms. The summed E-state index contributed by atoms with van der Waals surface area (Å²) in [4.78, 5) is 15.3. The van der Waals surface area contributed by atoms with Gasteiger partial charge in [0.15, 0.2) is 0 Å². The van der Waals surface area contributed by atoms with Crippen molar-refractivity contribution in [1.82, 2.24) is 10.3 Å². The van der Waals surface area contributed by atoms with Crippen molar-refractivity contribution >= 4 is 5.91 Å². The lowest BCUT2D eigenvalue weighted by atomic mass is 10.2. The molecule has 0 atom stereocenters. The smallest absolute Gasteiger partial charge is 0.224 e. The van der Waals surface area contributed by atoms with Crippen molar-refractivity contribution < 1.29 is 4.79 Å². The Labute approximate surface area is 83.9 Å². The highest BCUT2D eigenvalue weighted by Gasteiger charge is 2.00. The molecule has 0 aromatic carbocycles. The maximum atomic E-state index is 11.3. The molecule has 1 heterocycles. The van der Waals surface area contributed by atoms with Crippen LogP contribution in [0.4, 0.5) is 0 Å². The Morgan fingerprint density at radius 2 is 2.50 bits per heavy atom. The molecule has 0 aliphatic rings. The second-order valence-corrected chi connectivity index (χ2v) is 2.91. The van der Waals surface area contributed by atoms with Gasteiger partial charge in [-0.3, -0.25) is 9.78 Å². The van der Waals surface area contributed by atoms with Crippen molar-refractivity contribution in [2.75, 3.05) is 6.54 Å². The molecule has 1 rings (SSSR count). The number of carbonyl (C=O) groups excluding carboxylic acids is 1. The number of amides is 1. The van der Waals surface area contributed by atoms with E-state index in [4.69, 9.17) is 0 Å². The molecule has 1 aromatic heterocycles. The average Bonchev–Trinajstić information content (AvgIpc) is 2.20. The van der Waals surface area contributed by atoms with Crippen LogP contribution in [-0.2, 0) is 11.2 Å². The Morgan fingerprint density at radius 1 is 1.64 bits per heavy atom. The molecule has 1 aromatic rings. The number of nitrogens with one attached hydrogen (secondary N) is 1. The predicted molar refractivity (Wildman–Crippen MR) is 55.8 cm³/mol. The number of carbonyl (C=O) groups is 1. The van der Waals surface area contributed by atoms with E-state index in [2.05, 4.69) is 10.3 Å². The molecular weight excluding hydrogens is 176 g/mol. The van der Waals surface area contributed by atoms with Crippen molar-refractivity contribution in [2.45, 2.75) is 13.3 Å². The van der Waals surface area contributed by atoms with Gasteiger partial charge in [-0.2, -0.15) is 0 Å². The molecule has 0 saturated carbocycles. The zero-order valence-electron chi connectivity index (χ0n) is 8.23. The third-order valence-corrected chi connectivity index (χ3v) is 1.74. The minimum atomic E-state index is 0.0242. The van der Waals surface area contributed by atoms with Gasteiger partial charge in [0, 0.05) is 18.9 Å². The number of allylic oxidation sites excluding steroid dienone is 1. The third kappa shape index (κ3) is 3.85. The van der Waals surface area contributed by atoms with E-state index in [1.54, 1.807) is 12.4 Å². The fourth-order valence-corrected chi connectivity index (χ4v) is 1.04. The average molecular weight is 190 g/mol. The van der Waals surface area contributed by atoms with Crippen LogP contribution in [-0.4, -0.2) is 17.4 Å². The molecule has 0 saturated heterocycles. The van der Waals surface area contributed by atoms with Crippen molar-refractivity contribution in [2.24, 2.45) is 0 Å². The summed E-state index contributed by atoms with van der Waals surface area (Å²) in [6.45, 7) is 2.52. The first kappa shape index (κ1) is 10.4. The molecule has 0 radical (unpaired) electrons. The number of rotatable bonds is 4. The quantitative estimate of drug-likeness (QED) is 0.727. The van der Waals surface area contributed by atoms with Crippen LogP contribution in [0.15, 0.2) is 36.7 Å². The van der Waals surface area contributed by atoms with Gasteiger partial charge in [-0.25, -0.2) is 0 Å². The molecule has 0 fully saturated rings. The van der Waals surface area contributed by atoms with Crippen molar-refractivity contribution in [3.05, 3.63) is 42.2 Å². The SMILES string of the molecule is C/C=C/CNC(=O)Cc1cccnc1. The first-order chi connectivity index (χ1) is 6.83. The van der Waals surface area contributed by atoms with Gasteiger partial charge >= 0.3 is 0 Å². The van der Waals surface area contributed by atoms with E-state index < -0.39 is 0 Å². The van der Waals surface area contributed by atoms with E-state index in [1.165, 1.54) is 0 Å². The lowest BCUT2D eigenvalue weighted by Gasteiger charge is -2.01. The standard InChI is InChI=1S/C11H14N2O/c1-2-3-7-13-11(14)8-10-5-4-6-12-9-10/h2-6,9H,7-8H2,1H3,(H,13,14)/b3-2+. The molecule has 0 aliphatic carbocycles. The van der Waals surface area contributed by atoms with Gasteiger partial charge in [0.05, 0.1) is 6.42 Å². The Morgan fingerprint density at radius 3 is 3.14 bits per heavy atom. The van der Waals surface area contributed by atoms with Crippen molar-refractivity contribution in [3.63, 3.8) is 0 Å². The summed E-state index contributed by atoms with van der Waals surface area (Å²) in [5, 5.41) is 2.78. The number of pyridine rings is 1. The Balaban J connectivity index is 2.34. The summed E-state index contributed by atoms with van der Waals surface area (Å²) in [6, 6.07) is 3.72. The fraction of sp³-hybridized carbons (Fsp3) is 0.273. The van der Waals surface area contributed by atoms with Crippen LogP contribution >= 0.6 is 0 Å². The van der Waals surface area contributed by atoms with Crippen LogP contribution in [0.1, 0.15) is 12.5 Å². The van der Waals surface area contributed by atoms with Crippen LogP contribution in [0.25, 0.3) is 0 Å². The highest BCUT2D eigenvalue weighted by Crippen LogP contribution is 1.96. The van der Waals surface area contributed by atoms with E-state index in [9.17, 15) is 4.79 Å². The third-order valence-electron chi connectivity index (χ3n) is 1.74. The Hall–Kier alpha value is -1.64. The lowest BCUT2D eigenvalue weighted by molar-refractivity contribution is -0.120. The molecule has 1 amide bonds. The van der Waals surface area contributed by atoms with Gasteiger partial charge in [-0.15, -0.1) is 0 Å². The van der Waals surface area contributed by atoms with E-state index >= 15 is 0 Å². The Kier molecular flexibility index (Phi) is 4.41. The monoisotopic (exact) mass is 190 g/mol. The van der Waals surface area contributed by atoms with Crippen LogP contribution in [0, 0.1) is 0 Å². The largest absolute Gasteiger partial charge is 0.352 e. The number of nitrogens with zero attached hydrogens (tertiary/aromatic N) is 1. The van der Waals surface area contributed by atoms with Gasteiger partial charge in [0.25, 0.3) is 0 Å². The van der Waals surface area contributed by atoms with Gasteiger partial charge in [-0.05, 0) is 18.6 Å². The van der Waals surface area contributed by atoms with E-state index in [1.807, 2.05) is 31.2 Å². The molecule has 74 valence electrons. The molecule has 0 bridgehead atoms. The number of aromatic nitrogens is 1. The first-order valence-corrected chi connectivity index (χ1v) is 4.59. The number of hydrogen-bond donors (Lipinski definition) is 1. The van der Waals surface area contributed by atoms with E-state index in [-0.39, 0.29) is 5.91 Å². The molecule has 0 aliphatic heterocycles.